The van der Waals surface area contributed by atoms with Crippen LogP contribution in [0.2, 0.25) is 5.02 Å². The average Bonchev–Trinajstić information content (AvgIpc) is 2.91. The molecule has 0 unspecified atom stereocenters. The fourth-order valence-electron chi connectivity index (χ4n) is 2.69. The van der Waals surface area contributed by atoms with Gasteiger partial charge in [0.2, 0.25) is 0 Å². The zero-order valence-electron chi connectivity index (χ0n) is 14.4. The molecule has 27 heavy (non-hydrogen) atoms. The van der Waals surface area contributed by atoms with Crippen molar-refractivity contribution in [1.82, 2.24) is 10.2 Å². The highest BCUT2D eigenvalue weighted by atomic mass is 35.5. The van der Waals surface area contributed by atoms with Crippen LogP contribution in [-0.2, 0) is 0 Å². The Hall–Kier alpha value is -3.12. The molecule has 2 aromatic rings. The predicted molar refractivity (Wildman–Crippen MR) is 101 cm³/mol. The van der Waals surface area contributed by atoms with E-state index in [-0.39, 0.29) is 37.1 Å². The molecule has 1 aliphatic rings. The Kier molecular flexibility index (Phi) is 5.57. The van der Waals surface area contributed by atoms with Gasteiger partial charge in [-0.15, -0.1) is 6.58 Å². The van der Waals surface area contributed by atoms with Crippen molar-refractivity contribution in [2.75, 3.05) is 19.7 Å². The highest BCUT2D eigenvalue weighted by Crippen LogP contribution is 2.24. The number of imide groups is 1. The molecule has 0 fully saturated rings. The number of hydrogen-bond acceptors (Lipinski definition) is 4. The quantitative estimate of drug-likeness (QED) is 0.452. The van der Waals surface area contributed by atoms with Gasteiger partial charge in [-0.25, -0.2) is 0 Å². The predicted octanol–water partition coefficient (Wildman–Crippen LogP) is 2.93. The molecular formula is C20H17ClN2O4. The normalized spacial score (nSPS) is 12.7. The summed E-state index contributed by atoms with van der Waals surface area (Å²) in [6.07, 6.45) is 1.48. The number of nitrogens with one attached hydrogen (secondary N) is 1. The van der Waals surface area contributed by atoms with Crippen LogP contribution in [0.3, 0.4) is 0 Å². The first-order valence-corrected chi connectivity index (χ1v) is 8.67. The minimum absolute atomic E-state index is 0.135. The molecular weight excluding hydrogens is 368 g/mol. The number of carbonyl (C=O) groups excluding carboxylic acids is 3. The molecule has 1 aliphatic heterocycles. The number of amides is 3. The molecule has 7 heteroatoms. The number of carbonyl (C=O) groups is 3. The number of fused-ring (bicyclic) bond motifs is 1. The molecule has 3 amide bonds. The number of halogens is 1. The van der Waals surface area contributed by atoms with E-state index >= 15 is 0 Å². The van der Waals surface area contributed by atoms with Gasteiger partial charge >= 0.3 is 0 Å². The number of ether oxygens (including phenoxy) is 1. The maximum Gasteiger partial charge on any atom is 0.261 e. The summed E-state index contributed by atoms with van der Waals surface area (Å²) >= 11 is 5.80. The molecule has 6 nitrogen and oxygen atoms in total. The van der Waals surface area contributed by atoms with Crippen molar-refractivity contribution in [3.63, 3.8) is 0 Å². The topological polar surface area (TPSA) is 75.7 Å². The number of hydrogen-bond donors (Lipinski definition) is 1. The first-order chi connectivity index (χ1) is 13.0. The maximum absolute atomic E-state index is 12.3. The van der Waals surface area contributed by atoms with E-state index in [9.17, 15) is 14.4 Å². The maximum atomic E-state index is 12.3. The monoisotopic (exact) mass is 384 g/mol. The highest BCUT2D eigenvalue weighted by molar-refractivity contribution is 6.30. The SMILES string of the molecule is C=CCN1C(=O)c2ccc(C(=O)NCCOc3ccc(Cl)cc3)cc2C1=O. The second-order valence-corrected chi connectivity index (χ2v) is 6.26. The van der Waals surface area contributed by atoms with Gasteiger partial charge in [0.05, 0.1) is 17.7 Å². The van der Waals surface area contributed by atoms with E-state index in [1.807, 2.05) is 0 Å². The van der Waals surface area contributed by atoms with Crippen molar-refractivity contribution in [2.45, 2.75) is 0 Å². The summed E-state index contributed by atoms with van der Waals surface area (Å²) in [5, 5.41) is 3.34. The lowest BCUT2D eigenvalue weighted by Crippen LogP contribution is -2.29. The molecule has 0 radical (unpaired) electrons. The van der Waals surface area contributed by atoms with Crippen LogP contribution in [0.25, 0.3) is 0 Å². The molecule has 0 aliphatic carbocycles. The molecule has 0 bridgehead atoms. The van der Waals surface area contributed by atoms with Crippen LogP contribution in [0.15, 0.2) is 55.1 Å². The molecule has 1 heterocycles. The van der Waals surface area contributed by atoms with Gasteiger partial charge in [-0.05, 0) is 42.5 Å². The van der Waals surface area contributed by atoms with Gasteiger partial charge < -0.3 is 10.1 Å². The second-order valence-electron chi connectivity index (χ2n) is 5.83. The Bertz CT molecular complexity index is 909. The fraction of sp³-hybridized carbons (Fsp3) is 0.150. The molecule has 0 saturated carbocycles. The van der Waals surface area contributed by atoms with Crippen LogP contribution in [0.5, 0.6) is 5.75 Å². The summed E-state index contributed by atoms with van der Waals surface area (Å²) in [6, 6.07) is 11.4. The van der Waals surface area contributed by atoms with Gasteiger partial charge in [0.1, 0.15) is 12.4 Å². The van der Waals surface area contributed by atoms with Crippen molar-refractivity contribution in [3.8, 4) is 5.75 Å². The van der Waals surface area contributed by atoms with Gasteiger partial charge in [-0.2, -0.15) is 0 Å². The molecule has 2 aromatic carbocycles. The molecule has 0 atom stereocenters. The summed E-state index contributed by atoms with van der Waals surface area (Å²) in [5.41, 5.74) is 0.832. The summed E-state index contributed by atoms with van der Waals surface area (Å²) in [5.74, 6) is -0.494. The van der Waals surface area contributed by atoms with Crippen molar-refractivity contribution < 1.29 is 19.1 Å². The largest absolute Gasteiger partial charge is 0.492 e. The minimum Gasteiger partial charge on any atom is -0.492 e. The highest BCUT2D eigenvalue weighted by Gasteiger charge is 2.35. The zero-order chi connectivity index (χ0) is 19.4. The van der Waals surface area contributed by atoms with Crippen LogP contribution in [0, 0.1) is 0 Å². The van der Waals surface area contributed by atoms with Gasteiger partial charge in [-0.1, -0.05) is 17.7 Å². The first kappa shape index (κ1) is 18.7. The second kappa shape index (κ2) is 8.05. The van der Waals surface area contributed by atoms with E-state index in [1.54, 1.807) is 24.3 Å². The lowest BCUT2D eigenvalue weighted by molar-refractivity contribution is 0.0672. The van der Waals surface area contributed by atoms with Crippen LogP contribution in [0.4, 0.5) is 0 Å². The number of benzene rings is 2. The lowest BCUT2D eigenvalue weighted by Gasteiger charge is -2.09. The first-order valence-electron chi connectivity index (χ1n) is 8.29. The van der Waals surface area contributed by atoms with E-state index < -0.39 is 5.91 Å². The Morgan fingerprint density at radius 3 is 2.52 bits per heavy atom. The minimum atomic E-state index is -0.421. The van der Waals surface area contributed by atoms with Gasteiger partial charge in [-0.3, -0.25) is 19.3 Å². The zero-order valence-corrected chi connectivity index (χ0v) is 15.2. The van der Waals surface area contributed by atoms with Crippen LogP contribution in [-0.4, -0.2) is 42.3 Å². The lowest BCUT2D eigenvalue weighted by atomic mass is 10.1. The summed E-state index contributed by atoms with van der Waals surface area (Å²) in [7, 11) is 0. The smallest absolute Gasteiger partial charge is 0.261 e. The van der Waals surface area contributed by atoms with E-state index in [2.05, 4.69) is 11.9 Å². The Morgan fingerprint density at radius 2 is 1.81 bits per heavy atom. The third kappa shape index (κ3) is 4.01. The summed E-state index contributed by atoms with van der Waals surface area (Å²) in [4.78, 5) is 37.9. The number of nitrogens with zero attached hydrogens (tertiary/aromatic N) is 1. The summed E-state index contributed by atoms with van der Waals surface area (Å²) in [6.45, 7) is 4.24. The van der Waals surface area contributed by atoms with Gasteiger partial charge in [0.25, 0.3) is 17.7 Å². The van der Waals surface area contributed by atoms with Crippen molar-refractivity contribution in [3.05, 3.63) is 76.8 Å². The van der Waals surface area contributed by atoms with Crippen molar-refractivity contribution in [1.29, 1.82) is 0 Å². The molecule has 0 spiro atoms. The standard InChI is InChI=1S/C20H17ClN2O4/c1-2-10-23-19(25)16-8-3-13(12-17(16)20(23)26)18(24)22-9-11-27-15-6-4-14(21)5-7-15/h2-8,12H,1,9-11H2,(H,22,24). The van der Waals surface area contributed by atoms with Crippen LogP contribution >= 0.6 is 11.6 Å². The third-order valence-electron chi connectivity index (χ3n) is 4.01. The molecule has 0 aromatic heterocycles. The van der Waals surface area contributed by atoms with Gasteiger partial charge in [0.15, 0.2) is 0 Å². The van der Waals surface area contributed by atoms with Gasteiger partial charge in [0, 0.05) is 17.1 Å². The van der Waals surface area contributed by atoms with E-state index in [4.69, 9.17) is 16.3 Å². The van der Waals surface area contributed by atoms with Crippen LogP contribution < -0.4 is 10.1 Å². The van der Waals surface area contributed by atoms with E-state index in [1.165, 1.54) is 24.3 Å². The fourth-order valence-corrected chi connectivity index (χ4v) is 2.82. The Labute approximate surface area is 161 Å². The molecule has 3 rings (SSSR count). The summed E-state index contributed by atoms with van der Waals surface area (Å²) < 4.78 is 5.51. The average molecular weight is 385 g/mol. The molecule has 1 N–H and O–H groups in total. The van der Waals surface area contributed by atoms with E-state index in [0.29, 0.717) is 21.9 Å². The number of rotatable bonds is 7. The van der Waals surface area contributed by atoms with Crippen LogP contribution in [0.1, 0.15) is 31.1 Å². The molecule has 0 saturated heterocycles. The van der Waals surface area contributed by atoms with Crippen molar-refractivity contribution >= 4 is 29.3 Å². The third-order valence-corrected chi connectivity index (χ3v) is 4.27. The Balaban J connectivity index is 1.58. The Morgan fingerprint density at radius 1 is 1.11 bits per heavy atom. The van der Waals surface area contributed by atoms with Crippen molar-refractivity contribution in [2.24, 2.45) is 0 Å². The van der Waals surface area contributed by atoms with E-state index in [0.717, 1.165) is 4.90 Å². The molecule has 138 valence electrons.